The highest BCUT2D eigenvalue weighted by molar-refractivity contribution is 5.72. The van der Waals surface area contributed by atoms with Crippen LogP contribution in [0, 0.1) is 23.0 Å². The Morgan fingerprint density at radius 1 is 1.06 bits per heavy atom. The molecular weight excluding hydrogens is 428 g/mol. The first-order valence-corrected chi connectivity index (χ1v) is 10.6. The molecule has 0 aliphatic heterocycles. The number of nitriles is 1. The molecule has 33 heavy (non-hydrogen) atoms. The molecule has 1 aliphatic carbocycles. The maximum atomic E-state index is 14.7. The largest absolute Gasteiger partial charge is 0.337 e. The van der Waals surface area contributed by atoms with Gasteiger partial charge in [0.25, 0.3) is 5.56 Å². The van der Waals surface area contributed by atoms with Crippen LogP contribution in [0.25, 0.3) is 16.9 Å². The molecule has 2 heterocycles. The SMILES string of the molecule is N#Cc1ccc(Cn2cnc3c2c(=O)n(C2CCCC2)c(=O)n3-c2ccc(F)cc2F)cc1. The van der Waals surface area contributed by atoms with E-state index in [1.165, 1.54) is 17.0 Å². The fourth-order valence-electron chi connectivity index (χ4n) is 4.52. The van der Waals surface area contributed by atoms with E-state index in [2.05, 4.69) is 11.1 Å². The Hall–Kier alpha value is -4.06. The molecule has 0 radical (unpaired) electrons. The van der Waals surface area contributed by atoms with E-state index < -0.39 is 22.9 Å². The molecule has 9 heteroatoms. The molecule has 0 bridgehead atoms. The van der Waals surface area contributed by atoms with Gasteiger partial charge in [0.1, 0.15) is 11.6 Å². The quantitative estimate of drug-likeness (QED) is 0.478. The number of nitrogens with zero attached hydrogens (tertiary/aromatic N) is 5. The normalized spacial score (nSPS) is 14.1. The van der Waals surface area contributed by atoms with Crippen LogP contribution >= 0.6 is 0 Å². The fraction of sp³-hybridized carbons (Fsp3) is 0.250. The number of hydrogen-bond acceptors (Lipinski definition) is 4. The highest BCUT2D eigenvalue weighted by atomic mass is 19.1. The molecule has 0 amide bonds. The average Bonchev–Trinajstić information content (AvgIpc) is 3.46. The third-order valence-electron chi connectivity index (χ3n) is 6.13. The van der Waals surface area contributed by atoms with Crippen molar-refractivity contribution in [2.24, 2.45) is 0 Å². The van der Waals surface area contributed by atoms with Gasteiger partial charge >= 0.3 is 5.69 Å². The van der Waals surface area contributed by atoms with Crippen molar-refractivity contribution in [3.8, 4) is 11.8 Å². The first-order chi connectivity index (χ1) is 16.0. The summed E-state index contributed by atoms with van der Waals surface area (Å²) in [7, 11) is 0. The summed E-state index contributed by atoms with van der Waals surface area (Å²) in [5.74, 6) is -1.69. The number of rotatable bonds is 4. The minimum absolute atomic E-state index is 0.0124. The van der Waals surface area contributed by atoms with E-state index >= 15 is 0 Å². The molecule has 1 aliphatic rings. The van der Waals surface area contributed by atoms with Gasteiger partial charge < -0.3 is 4.57 Å². The van der Waals surface area contributed by atoms with Crippen LogP contribution in [0.4, 0.5) is 8.78 Å². The molecule has 0 unspecified atom stereocenters. The van der Waals surface area contributed by atoms with Crippen LogP contribution in [0.5, 0.6) is 0 Å². The summed E-state index contributed by atoms with van der Waals surface area (Å²) in [5, 5.41) is 9.01. The van der Waals surface area contributed by atoms with Gasteiger partial charge in [0.15, 0.2) is 11.2 Å². The molecule has 1 saturated carbocycles. The molecule has 5 rings (SSSR count). The van der Waals surface area contributed by atoms with Gasteiger partial charge in [-0.1, -0.05) is 25.0 Å². The lowest BCUT2D eigenvalue weighted by atomic mass is 10.1. The summed E-state index contributed by atoms with van der Waals surface area (Å²) in [6, 6.07) is 11.6. The van der Waals surface area contributed by atoms with Crippen LogP contribution in [0.3, 0.4) is 0 Å². The molecule has 0 N–H and O–H groups in total. The zero-order valence-electron chi connectivity index (χ0n) is 17.5. The van der Waals surface area contributed by atoms with Crippen LogP contribution in [-0.2, 0) is 6.54 Å². The molecule has 4 aromatic rings. The number of halogens is 2. The second-order valence-corrected chi connectivity index (χ2v) is 8.18. The lowest BCUT2D eigenvalue weighted by Crippen LogP contribution is -2.42. The fourth-order valence-corrected chi connectivity index (χ4v) is 4.52. The summed E-state index contributed by atoms with van der Waals surface area (Å²) in [4.78, 5) is 31.3. The lowest BCUT2D eigenvalue weighted by Gasteiger charge is -2.17. The van der Waals surface area contributed by atoms with Crippen molar-refractivity contribution in [3.63, 3.8) is 0 Å². The Bertz CT molecular complexity index is 1520. The van der Waals surface area contributed by atoms with Crippen molar-refractivity contribution in [1.29, 1.82) is 5.26 Å². The number of imidazole rings is 1. The van der Waals surface area contributed by atoms with E-state index in [1.54, 1.807) is 28.8 Å². The van der Waals surface area contributed by atoms with Crippen molar-refractivity contribution >= 4 is 11.2 Å². The van der Waals surface area contributed by atoms with E-state index in [1.807, 2.05) is 0 Å². The monoisotopic (exact) mass is 447 g/mol. The molecule has 7 nitrogen and oxygen atoms in total. The van der Waals surface area contributed by atoms with Crippen LogP contribution in [0.2, 0.25) is 0 Å². The van der Waals surface area contributed by atoms with Gasteiger partial charge in [0, 0.05) is 18.7 Å². The predicted molar refractivity (Wildman–Crippen MR) is 117 cm³/mol. The Morgan fingerprint density at radius 3 is 2.45 bits per heavy atom. The number of benzene rings is 2. The third-order valence-corrected chi connectivity index (χ3v) is 6.13. The smallest absolute Gasteiger partial charge is 0.320 e. The van der Waals surface area contributed by atoms with Crippen LogP contribution in [-0.4, -0.2) is 18.7 Å². The standard InChI is InChI=1S/C24H19F2N5O2/c25-17-9-10-20(19(26)11-17)31-22-21(23(32)30(24(31)33)18-3-1-2-4-18)29(14-28-22)13-16-7-5-15(12-27)6-8-16/h5-11,14,18H,1-4,13H2. The second kappa shape index (κ2) is 8.13. The van der Waals surface area contributed by atoms with Crippen molar-refractivity contribution in [2.75, 3.05) is 0 Å². The van der Waals surface area contributed by atoms with E-state index in [0.29, 0.717) is 24.5 Å². The summed E-state index contributed by atoms with van der Waals surface area (Å²) >= 11 is 0. The summed E-state index contributed by atoms with van der Waals surface area (Å²) in [6.45, 7) is 0.270. The van der Waals surface area contributed by atoms with Crippen molar-refractivity contribution in [3.05, 3.63) is 92.4 Å². The van der Waals surface area contributed by atoms with Gasteiger partial charge in [-0.25, -0.2) is 23.1 Å². The topological polar surface area (TPSA) is 85.6 Å². The van der Waals surface area contributed by atoms with E-state index in [0.717, 1.165) is 29.0 Å². The minimum Gasteiger partial charge on any atom is -0.320 e. The zero-order valence-corrected chi connectivity index (χ0v) is 17.5. The molecule has 0 spiro atoms. The van der Waals surface area contributed by atoms with Gasteiger partial charge in [-0.15, -0.1) is 0 Å². The van der Waals surface area contributed by atoms with E-state index in [-0.39, 0.29) is 29.4 Å². The first-order valence-electron chi connectivity index (χ1n) is 10.6. The molecular formula is C24H19F2N5O2. The third kappa shape index (κ3) is 3.53. The number of hydrogen-bond donors (Lipinski definition) is 0. The number of fused-ring (bicyclic) bond motifs is 1. The van der Waals surface area contributed by atoms with Crippen molar-refractivity contribution in [2.45, 2.75) is 38.3 Å². The van der Waals surface area contributed by atoms with Gasteiger partial charge in [-0.2, -0.15) is 5.26 Å². The molecule has 0 atom stereocenters. The number of aromatic nitrogens is 4. The zero-order chi connectivity index (χ0) is 23.1. The van der Waals surface area contributed by atoms with Gasteiger partial charge in [0.2, 0.25) is 0 Å². The lowest BCUT2D eigenvalue weighted by molar-refractivity contribution is 0.472. The Balaban J connectivity index is 1.76. The van der Waals surface area contributed by atoms with E-state index in [9.17, 15) is 18.4 Å². The van der Waals surface area contributed by atoms with Crippen LogP contribution < -0.4 is 11.2 Å². The maximum absolute atomic E-state index is 14.7. The second-order valence-electron chi connectivity index (χ2n) is 8.18. The average molecular weight is 447 g/mol. The molecule has 0 saturated heterocycles. The Morgan fingerprint density at radius 2 is 1.79 bits per heavy atom. The maximum Gasteiger partial charge on any atom is 0.337 e. The van der Waals surface area contributed by atoms with Gasteiger partial charge in [-0.05, 0) is 42.7 Å². The Labute approximate surface area is 186 Å². The highest BCUT2D eigenvalue weighted by Crippen LogP contribution is 2.28. The summed E-state index contributed by atoms with van der Waals surface area (Å²) in [6.07, 6.45) is 4.57. The van der Waals surface area contributed by atoms with Gasteiger partial charge in [-0.3, -0.25) is 9.36 Å². The van der Waals surface area contributed by atoms with Crippen molar-refractivity contribution < 1.29 is 8.78 Å². The summed E-state index contributed by atoms with van der Waals surface area (Å²) < 4.78 is 32.1. The van der Waals surface area contributed by atoms with Crippen LogP contribution in [0.1, 0.15) is 42.9 Å². The predicted octanol–water partition coefficient (Wildman–Crippen LogP) is 3.66. The van der Waals surface area contributed by atoms with Crippen LogP contribution in [0.15, 0.2) is 58.4 Å². The minimum atomic E-state index is -0.920. The summed E-state index contributed by atoms with van der Waals surface area (Å²) in [5.41, 5.74) is 0.180. The highest BCUT2D eigenvalue weighted by Gasteiger charge is 2.27. The molecule has 2 aromatic heterocycles. The molecule has 2 aromatic carbocycles. The first kappa shape index (κ1) is 20.8. The van der Waals surface area contributed by atoms with Gasteiger partial charge in [0.05, 0.1) is 23.6 Å². The molecule has 166 valence electrons. The van der Waals surface area contributed by atoms with E-state index in [4.69, 9.17) is 5.26 Å². The van der Waals surface area contributed by atoms with Crippen molar-refractivity contribution in [1.82, 2.24) is 18.7 Å². The Kier molecular flexibility index (Phi) is 5.13. The molecule has 1 fully saturated rings.